The number of carboxylic acid groups (broad SMARTS) is 2. The number of fused-ring (bicyclic) bond motifs is 1. The van der Waals surface area contributed by atoms with Crippen LogP contribution < -0.4 is 5.32 Å². The summed E-state index contributed by atoms with van der Waals surface area (Å²) < 4.78 is 0. The fraction of sp³-hybridized carbons (Fsp3) is 0.231. The van der Waals surface area contributed by atoms with Crippen LogP contribution in [0.2, 0.25) is 0 Å². The van der Waals surface area contributed by atoms with Crippen molar-refractivity contribution in [2.24, 2.45) is 0 Å². The zero-order chi connectivity index (χ0) is 15.4. The van der Waals surface area contributed by atoms with Gasteiger partial charge in [0.25, 0.3) is 5.91 Å². The molecule has 1 aromatic carbocycles. The molecule has 0 bridgehead atoms. The van der Waals surface area contributed by atoms with Gasteiger partial charge in [0.15, 0.2) is 0 Å². The lowest BCUT2D eigenvalue weighted by Gasteiger charge is -2.13. The summed E-state index contributed by atoms with van der Waals surface area (Å²) in [5.74, 6) is -2.96. The Bertz CT molecular complexity index is 694. The predicted molar refractivity (Wildman–Crippen MR) is 71.9 cm³/mol. The maximum absolute atomic E-state index is 12.0. The maximum atomic E-state index is 12.0. The van der Waals surface area contributed by atoms with Crippen molar-refractivity contribution in [1.29, 1.82) is 0 Å². The number of aromatic amines is 1. The average molecular weight is 291 g/mol. The monoisotopic (exact) mass is 291 g/mol. The van der Waals surface area contributed by atoms with Gasteiger partial charge in [0.05, 0.1) is 11.7 Å². The molecule has 0 unspecified atom stereocenters. The molecule has 0 aliphatic carbocycles. The van der Waals surface area contributed by atoms with Gasteiger partial charge >= 0.3 is 11.9 Å². The lowest BCUT2D eigenvalue weighted by molar-refractivity contribution is -0.140. The number of hydrogen-bond acceptors (Lipinski definition) is 4. The van der Waals surface area contributed by atoms with E-state index in [1.165, 1.54) is 6.07 Å². The Hall–Kier alpha value is -2.90. The molecule has 0 saturated heterocycles. The summed E-state index contributed by atoms with van der Waals surface area (Å²) in [7, 11) is 0. The minimum atomic E-state index is -1.27. The fourth-order valence-corrected chi connectivity index (χ4v) is 1.85. The van der Waals surface area contributed by atoms with Gasteiger partial charge in [0.1, 0.15) is 6.04 Å². The van der Waals surface area contributed by atoms with Crippen LogP contribution in [0.3, 0.4) is 0 Å². The quantitative estimate of drug-likeness (QED) is 0.616. The van der Waals surface area contributed by atoms with Gasteiger partial charge in [-0.3, -0.25) is 14.7 Å². The van der Waals surface area contributed by atoms with Crippen molar-refractivity contribution >= 4 is 28.7 Å². The molecule has 2 rings (SSSR count). The number of amides is 1. The molecule has 2 aromatic rings. The highest BCUT2D eigenvalue weighted by Gasteiger charge is 2.21. The molecule has 1 aromatic heterocycles. The number of nitrogens with zero attached hydrogens (tertiary/aromatic N) is 1. The molecule has 1 amide bonds. The van der Waals surface area contributed by atoms with Gasteiger partial charge in [-0.05, 0) is 24.6 Å². The number of carbonyl (C=O) groups excluding carboxylic acids is 1. The molecule has 0 saturated carbocycles. The van der Waals surface area contributed by atoms with Crippen molar-refractivity contribution in [2.45, 2.75) is 18.9 Å². The number of hydrogen-bond donors (Lipinski definition) is 4. The zero-order valence-electron chi connectivity index (χ0n) is 10.9. The van der Waals surface area contributed by atoms with Gasteiger partial charge in [-0.2, -0.15) is 5.10 Å². The highest BCUT2D eigenvalue weighted by atomic mass is 16.4. The van der Waals surface area contributed by atoms with E-state index < -0.39 is 23.9 Å². The summed E-state index contributed by atoms with van der Waals surface area (Å²) in [6.07, 6.45) is 1.04. The number of aromatic nitrogens is 2. The lowest BCUT2D eigenvalue weighted by Crippen LogP contribution is -2.41. The van der Waals surface area contributed by atoms with Crippen molar-refractivity contribution < 1.29 is 24.6 Å². The van der Waals surface area contributed by atoms with E-state index in [2.05, 4.69) is 15.5 Å². The summed E-state index contributed by atoms with van der Waals surface area (Å²) in [5.41, 5.74) is 1.04. The first-order chi connectivity index (χ1) is 9.97. The number of benzene rings is 1. The molecule has 8 nitrogen and oxygen atoms in total. The number of H-pyrrole nitrogens is 1. The molecule has 110 valence electrons. The van der Waals surface area contributed by atoms with Crippen LogP contribution in [0, 0.1) is 0 Å². The molecule has 1 atom stereocenters. The standard InChI is InChI=1S/C13H13N3O5/c17-11(18)4-3-10(13(20)21)15-12(19)7-1-2-9-8(5-7)6-14-16-9/h1-2,5-6,10H,3-4H2,(H,14,16)(H,15,19)(H,17,18)(H,20,21)/t10-/m0/s1. The normalized spacial score (nSPS) is 12.0. The summed E-state index contributed by atoms with van der Waals surface area (Å²) in [5, 5.41) is 27.2. The topological polar surface area (TPSA) is 132 Å². The van der Waals surface area contributed by atoms with Gasteiger partial charge in [0.2, 0.25) is 0 Å². The van der Waals surface area contributed by atoms with Crippen molar-refractivity contribution in [2.75, 3.05) is 0 Å². The van der Waals surface area contributed by atoms with Crippen LogP contribution in [0.15, 0.2) is 24.4 Å². The van der Waals surface area contributed by atoms with Gasteiger partial charge in [-0.25, -0.2) is 4.79 Å². The predicted octanol–water partition coefficient (Wildman–Crippen LogP) is 0.611. The first-order valence-corrected chi connectivity index (χ1v) is 6.16. The van der Waals surface area contributed by atoms with Gasteiger partial charge in [0, 0.05) is 17.4 Å². The largest absolute Gasteiger partial charge is 0.481 e. The molecule has 0 aliphatic rings. The molecule has 4 N–H and O–H groups in total. The molecule has 0 aliphatic heterocycles. The van der Waals surface area contributed by atoms with E-state index in [9.17, 15) is 14.4 Å². The number of rotatable bonds is 6. The maximum Gasteiger partial charge on any atom is 0.326 e. The second-order valence-corrected chi connectivity index (χ2v) is 4.47. The first-order valence-electron chi connectivity index (χ1n) is 6.16. The Morgan fingerprint density at radius 3 is 2.71 bits per heavy atom. The minimum absolute atomic E-state index is 0.176. The molecular formula is C13H13N3O5. The lowest BCUT2D eigenvalue weighted by atomic mass is 10.1. The third-order valence-electron chi connectivity index (χ3n) is 2.95. The van der Waals surface area contributed by atoms with Crippen molar-refractivity contribution in [3.63, 3.8) is 0 Å². The van der Waals surface area contributed by atoms with Crippen LogP contribution in [0.4, 0.5) is 0 Å². The van der Waals surface area contributed by atoms with Crippen molar-refractivity contribution in [1.82, 2.24) is 15.5 Å². The van der Waals surface area contributed by atoms with Gasteiger partial charge in [-0.1, -0.05) is 0 Å². The molecule has 0 radical (unpaired) electrons. The van der Waals surface area contributed by atoms with E-state index in [0.29, 0.717) is 0 Å². The van der Waals surface area contributed by atoms with Crippen LogP contribution in [-0.4, -0.2) is 44.3 Å². The van der Waals surface area contributed by atoms with E-state index in [4.69, 9.17) is 10.2 Å². The number of nitrogens with one attached hydrogen (secondary N) is 2. The Balaban J connectivity index is 2.10. The Labute approximate surface area is 118 Å². The Morgan fingerprint density at radius 2 is 2.05 bits per heavy atom. The second-order valence-electron chi connectivity index (χ2n) is 4.47. The third-order valence-corrected chi connectivity index (χ3v) is 2.95. The molecular weight excluding hydrogens is 278 g/mol. The van der Waals surface area contributed by atoms with Crippen LogP contribution in [0.5, 0.6) is 0 Å². The number of carboxylic acids is 2. The van der Waals surface area contributed by atoms with Crippen LogP contribution in [0.1, 0.15) is 23.2 Å². The van der Waals surface area contributed by atoms with E-state index >= 15 is 0 Å². The van der Waals surface area contributed by atoms with Crippen molar-refractivity contribution in [3.05, 3.63) is 30.0 Å². The molecule has 1 heterocycles. The Kier molecular flexibility index (Phi) is 4.17. The minimum Gasteiger partial charge on any atom is -0.481 e. The summed E-state index contributed by atoms with van der Waals surface area (Å²) in [6.45, 7) is 0. The molecule has 0 fully saturated rings. The van der Waals surface area contributed by atoms with Crippen LogP contribution in [-0.2, 0) is 9.59 Å². The third kappa shape index (κ3) is 3.56. The fourth-order valence-electron chi connectivity index (χ4n) is 1.85. The first kappa shape index (κ1) is 14.5. The highest BCUT2D eigenvalue weighted by molar-refractivity contribution is 5.99. The molecule has 21 heavy (non-hydrogen) atoms. The summed E-state index contributed by atoms with van der Waals surface area (Å²) in [6, 6.07) is 3.52. The van der Waals surface area contributed by atoms with E-state index in [-0.39, 0.29) is 18.4 Å². The zero-order valence-corrected chi connectivity index (χ0v) is 10.9. The van der Waals surface area contributed by atoms with Gasteiger partial charge < -0.3 is 15.5 Å². The molecule has 8 heteroatoms. The SMILES string of the molecule is O=C(O)CC[C@H](NC(=O)c1ccc2[nH]ncc2c1)C(=O)O. The van der Waals surface area contributed by atoms with Crippen molar-refractivity contribution in [3.8, 4) is 0 Å². The average Bonchev–Trinajstić information content (AvgIpc) is 2.89. The van der Waals surface area contributed by atoms with Crippen LogP contribution in [0.25, 0.3) is 10.9 Å². The van der Waals surface area contributed by atoms with E-state index in [0.717, 1.165) is 10.9 Å². The Morgan fingerprint density at radius 1 is 1.29 bits per heavy atom. The van der Waals surface area contributed by atoms with E-state index in [1.54, 1.807) is 18.3 Å². The number of carbonyl (C=O) groups is 3. The second kappa shape index (κ2) is 6.04. The highest BCUT2D eigenvalue weighted by Crippen LogP contribution is 2.13. The van der Waals surface area contributed by atoms with Crippen LogP contribution >= 0.6 is 0 Å². The van der Waals surface area contributed by atoms with Gasteiger partial charge in [-0.15, -0.1) is 0 Å². The summed E-state index contributed by atoms with van der Waals surface area (Å²) >= 11 is 0. The smallest absolute Gasteiger partial charge is 0.326 e. The molecule has 0 spiro atoms. The van der Waals surface area contributed by atoms with E-state index in [1.807, 2.05) is 0 Å². The number of aliphatic carboxylic acids is 2. The summed E-state index contributed by atoms with van der Waals surface area (Å²) in [4.78, 5) is 33.5.